The Kier molecular flexibility index (Phi) is 4.96. The van der Waals surface area contributed by atoms with Crippen molar-refractivity contribution < 1.29 is 17.7 Å². The van der Waals surface area contributed by atoms with Gasteiger partial charge in [-0.1, -0.05) is 11.6 Å². The summed E-state index contributed by atoms with van der Waals surface area (Å²) < 4.78 is 32.5. The number of piperidine rings is 1. The van der Waals surface area contributed by atoms with Gasteiger partial charge in [-0.3, -0.25) is 4.79 Å². The fourth-order valence-corrected chi connectivity index (χ4v) is 6.45. The molecule has 1 amide bonds. The van der Waals surface area contributed by atoms with Gasteiger partial charge in [0.1, 0.15) is 0 Å². The summed E-state index contributed by atoms with van der Waals surface area (Å²) in [7, 11) is -3.49. The summed E-state index contributed by atoms with van der Waals surface area (Å²) in [5.41, 5.74) is 2.64. The molecule has 0 atom stereocenters. The second kappa shape index (κ2) is 7.64. The number of rotatable bonds is 4. The molecule has 0 saturated carbocycles. The molecule has 3 heterocycles. The van der Waals surface area contributed by atoms with Crippen LogP contribution in [0.1, 0.15) is 40.2 Å². The van der Waals surface area contributed by atoms with E-state index in [1.165, 1.54) is 21.3 Å². The van der Waals surface area contributed by atoms with Crippen LogP contribution in [0.4, 0.5) is 5.69 Å². The highest BCUT2D eigenvalue weighted by Gasteiger charge is 2.29. The summed E-state index contributed by atoms with van der Waals surface area (Å²) in [6, 6.07) is 8.29. The van der Waals surface area contributed by atoms with Crippen LogP contribution in [-0.4, -0.2) is 36.9 Å². The summed E-state index contributed by atoms with van der Waals surface area (Å²) in [5, 5.41) is 8.82. The SMILES string of the molecule is O=C(Nc1ccc(S(=O)(=O)N2CCCCC2)cc1)c1noc2c1CCc1sccc1-2. The number of carbonyl (C=O) groups is 1. The molecule has 1 fully saturated rings. The third-order valence-corrected chi connectivity index (χ3v) is 8.55. The van der Waals surface area contributed by atoms with Gasteiger partial charge in [-0.2, -0.15) is 4.31 Å². The average molecular weight is 444 g/mol. The van der Waals surface area contributed by atoms with E-state index in [1.54, 1.807) is 23.5 Å². The largest absolute Gasteiger partial charge is 0.355 e. The maximum absolute atomic E-state index is 12.8. The van der Waals surface area contributed by atoms with E-state index in [1.807, 2.05) is 11.4 Å². The lowest BCUT2D eigenvalue weighted by Gasteiger charge is -2.25. The number of carbonyl (C=O) groups excluding carboxylic acids is 1. The molecule has 1 N–H and O–H groups in total. The number of sulfonamides is 1. The van der Waals surface area contributed by atoms with Gasteiger partial charge in [-0.15, -0.1) is 11.3 Å². The van der Waals surface area contributed by atoms with Crippen molar-refractivity contribution in [3.8, 4) is 11.3 Å². The number of hydrogen-bond acceptors (Lipinski definition) is 6. The molecule has 2 aromatic heterocycles. The lowest BCUT2D eigenvalue weighted by Crippen LogP contribution is -2.35. The van der Waals surface area contributed by atoms with Crippen molar-refractivity contribution in [2.75, 3.05) is 18.4 Å². The summed E-state index contributed by atoms with van der Waals surface area (Å²) in [6.45, 7) is 1.12. The molecule has 30 heavy (non-hydrogen) atoms. The molecule has 5 rings (SSSR count). The molecule has 1 aromatic carbocycles. The lowest BCUT2D eigenvalue weighted by atomic mass is 9.95. The molecule has 0 radical (unpaired) electrons. The Hall–Kier alpha value is -2.49. The predicted octanol–water partition coefficient (Wildman–Crippen LogP) is 3.93. The van der Waals surface area contributed by atoms with Crippen molar-refractivity contribution in [2.24, 2.45) is 0 Å². The van der Waals surface area contributed by atoms with Gasteiger partial charge in [0.25, 0.3) is 5.91 Å². The molecule has 0 bridgehead atoms. The van der Waals surface area contributed by atoms with Gasteiger partial charge in [0.15, 0.2) is 11.5 Å². The van der Waals surface area contributed by atoms with Crippen molar-refractivity contribution in [1.29, 1.82) is 0 Å². The number of hydrogen-bond donors (Lipinski definition) is 1. The highest BCUT2D eigenvalue weighted by molar-refractivity contribution is 7.89. The van der Waals surface area contributed by atoms with Gasteiger partial charge in [-0.05, 0) is 61.4 Å². The van der Waals surface area contributed by atoms with E-state index in [0.717, 1.165) is 36.8 Å². The fourth-order valence-electron chi connectivity index (χ4n) is 4.06. The van der Waals surface area contributed by atoms with E-state index in [2.05, 4.69) is 10.5 Å². The lowest BCUT2D eigenvalue weighted by molar-refractivity contribution is 0.101. The van der Waals surface area contributed by atoms with Crippen LogP contribution in [0.25, 0.3) is 11.3 Å². The molecule has 2 aliphatic rings. The first-order valence-electron chi connectivity index (χ1n) is 10.0. The molecule has 7 nitrogen and oxygen atoms in total. The Morgan fingerprint density at radius 3 is 2.60 bits per heavy atom. The summed E-state index contributed by atoms with van der Waals surface area (Å²) in [5.74, 6) is 0.316. The number of aryl methyl sites for hydroxylation is 1. The Morgan fingerprint density at radius 1 is 1.07 bits per heavy atom. The van der Waals surface area contributed by atoms with Crippen molar-refractivity contribution in [1.82, 2.24) is 9.46 Å². The van der Waals surface area contributed by atoms with Gasteiger partial charge in [0.2, 0.25) is 10.0 Å². The molecule has 1 aliphatic carbocycles. The Balaban J connectivity index is 1.33. The molecule has 3 aromatic rings. The first kappa shape index (κ1) is 19.5. The van der Waals surface area contributed by atoms with Crippen molar-refractivity contribution >= 4 is 33.0 Å². The minimum atomic E-state index is -3.49. The highest BCUT2D eigenvalue weighted by atomic mass is 32.2. The smallest absolute Gasteiger partial charge is 0.278 e. The van der Waals surface area contributed by atoms with Crippen LogP contribution in [0.2, 0.25) is 0 Å². The zero-order valence-electron chi connectivity index (χ0n) is 16.3. The Labute approximate surface area is 178 Å². The van der Waals surface area contributed by atoms with E-state index < -0.39 is 10.0 Å². The molecule has 1 aliphatic heterocycles. The first-order chi connectivity index (χ1) is 14.5. The minimum absolute atomic E-state index is 0.242. The molecule has 1 saturated heterocycles. The maximum Gasteiger partial charge on any atom is 0.278 e. The Bertz CT molecular complexity index is 1190. The van der Waals surface area contributed by atoms with Crippen LogP contribution in [0.15, 0.2) is 45.1 Å². The molecular formula is C21H21N3O4S2. The molecular weight excluding hydrogens is 422 g/mol. The number of nitrogens with zero attached hydrogens (tertiary/aromatic N) is 2. The topological polar surface area (TPSA) is 92.5 Å². The normalized spacial score (nSPS) is 16.7. The third kappa shape index (κ3) is 3.36. The van der Waals surface area contributed by atoms with Gasteiger partial charge in [-0.25, -0.2) is 8.42 Å². The van der Waals surface area contributed by atoms with Gasteiger partial charge in [0, 0.05) is 34.8 Å². The standard InChI is InChI=1S/C21H21N3O4S2/c25-21(19-17-8-9-18-16(10-13-29-18)20(17)28-23-19)22-14-4-6-15(7-5-14)30(26,27)24-11-2-1-3-12-24/h4-7,10,13H,1-3,8-9,11-12H2,(H,22,25). The minimum Gasteiger partial charge on any atom is -0.355 e. The van der Waals surface area contributed by atoms with Crippen LogP contribution in [0, 0.1) is 0 Å². The zero-order valence-corrected chi connectivity index (χ0v) is 17.9. The van der Waals surface area contributed by atoms with E-state index >= 15 is 0 Å². The van der Waals surface area contributed by atoms with Crippen molar-refractivity contribution in [2.45, 2.75) is 37.0 Å². The number of nitrogens with one attached hydrogen (secondary N) is 1. The van der Waals surface area contributed by atoms with Crippen molar-refractivity contribution in [3.05, 3.63) is 51.8 Å². The summed E-state index contributed by atoms with van der Waals surface area (Å²) >= 11 is 1.68. The number of benzene rings is 1. The second-order valence-electron chi connectivity index (χ2n) is 7.54. The number of aromatic nitrogens is 1. The molecule has 156 valence electrons. The van der Waals surface area contributed by atoms with Crippen LogP contribution in [0.3, 0.4) is 0 Å². The van der Waals surface area contributed by atoms with Gasteiger partial charge in [0.05, 0.1) is 4.90 Å². The number of amides is 1. The second-order valence-corrected chi connectivity index (χ2v) is 10.5. The highest BCUT2D eigenvalue weighted by Crippen LogP contribution is 2.38. The van der Waals surface area contributed by atoms with Crippen LogP contribution in [-0.2, 0) is 22.9 Å². The average Bonchev–Trinajstić information content (AvgIpc) is 3.41. The predicted molar refractivity (Wildman–Crippen MR) is 114 cm³/mol. The van der Waals surface area contributed by atoms with Crippen LogP contribution < -0.4 is 5.32 Å². The van der Waals surface area contributed by atoms with E-state index in [9.17, 15) is 13.2 Å². The van der Waals surface area contributed by atoms with E-state index in [0.29, 0.717) is 31.0 Å². The maximum atomic E-state index is 12.8. The van der Waals surface area contributed by atoms with Crippen LogP contribution >= 0.6 is 11.3 Å². The third-order valence-electron chi connectivity index (χ3n) is 5.66. The van der Waals surface area contributed by atoms with Crippen molar-refractivity contribution in [3.63, 3.8) is 0 Å². The Morgan fingerprint density at radius 2 is 1.83 bits per heavy atom. The summed E-state index contributed by atoms with van der Waals surface area (Å²) in [4.78, 5) is 14.3. The van der Waals surface area contributed by atoms with E-state index in [-0.39, 0.29) is 16.5 Å². The fraction of sp³-hybridized carbons (Fsp3) is 0.333. The monoisotopic (exact) mass is 443 g/mol. The van der Waals surface area contributed by atoms with Gasteiger partial charge < -0.3 is 9.84 Å². The number of anilines is 1. The van der Waals surface area contributed by atoms with Gasteiger partial charge >= 0.3 is 0 Å². The van der Waals surface area contributed by atoms with E-state index in [4.69, 9.17) is 4.52 Å². The number of fused-ring (bicyclic) bond motifs is 3. The quantitative estimate of drug-likeness (QED) is 0.660. The zero-order chi connectivity index (χ0) is 20.7. The molecule has 0 unspecified atom stereocenters. The molecule has 0 spiro atoms. The first-order valence-corrected chi connectivity index (χ1v) is 12.3. The molecule has 9 heteroatoms. The van der Waals surface area contributed by atoms with Crippen LogP contribution in [0.5, 0.6) is 0 Å². The summed E-state index contributed by atoms with van der Waals surface area (Å²) in [6.07, 6.45) is 4.42. The number of thiophene rings is 1.